The smallest absolute Gasteiger partial charge is 0.295 e. The second-order valence-electron chi connectivity index (χ2n) is 9.34. The minimum atomic E-state index is -1.02. The van der Waals surface area contributed by atoms with Gasteiger partial charge in [0.25, 0.3) is 11.7 Å². The van der Waals surface area contributed by atoms with Crippen LogP contribution in [0, 0.1) is 12.7 Å². The van der Waals surface area contributed by atoms with Crippen LogP contribution in [0.5, 0.6) is 5.75 Å². The number of halogens is 1. The molecule has 38 heavy (non-hydrogen) atoms. The Hall–Kier alpha value is -3.97. The predicted octanol–water partition coefficient (Wildman–Crippen LogP) is 5.48. The van der Waals surface area contributed by atoms with Crippen molar-refractivity contribution in [2.24, 2.45) is 0 Å². The molecule has 1 aliphatic heterocycles. The van der Waals surface area contributed by atoms with Crippen LogP contribution in [0.1, 0.15) is 42.1 Å². The summed E-state index contributed by atoms with van der Waals surface area (Å²) in [4.78, 5) is 29.8. The molecule has 4 rings (SSSR count). The van der Waals surface area contributed by atoms with Gasteiger partial charge in [0.1, 0.15) is 23.9 Å². The summed E-state index contributed by atoms with van der Waals surface area (Å²) in [7, 11) is 0. The fraction of sp³-hybridized carbons (Fsp3) is 0.290. The molecule has 0 radical (unpaired) electrons. The lowest BCUT2D eigenvalue weighted by Crippen LogP contribution is -2.38. The first-order valence-corrected chi connectivity index (χ1v) is 12.9. The Labute approximate surface area is 223 Å². The number of hydrogen-bond donors (Lipinski definition) is 1. The van der Waals surface area contributed by atoms with Crippen molar-refractivity contribution in [3.63, 3.8) is 0 Å². The Morgan fingerprint density at radius 1 is 1.00 bits per heavy atom. The van der Waals surface area contributed by atoms with Gasteiger partial charge in [-0.25, -0.2) is 4.39 Å². The number of hydrogen-bond acceptors (Lipinski definition) is 5. The summed E-state index contributed by atoms with van der Waals surface area (Å²) in [5.74, 6) is -1.86. The van der Waals surface area contributed by atoms with Crippen molar-refractivity contribution in [2.45, 2.75) is 33.4 Å². The lowest BCUT2D eigenvalue weighted by Gasteiger charge is -2.28. The second-order valence-corrected chi connectivity index (χ2v) is 9.34. The topological polar surface area (TPSA) is 70.1 Å². The van der Waals surface area contributed by atoms with Crippen molar-refractivity contribution < 1.29 is 23.8 Å². The first-order valence-electron chi connectivity index (χ1n) is 12.9. The molecule has 0 saturated carbocycles. The van der Waals surface area contributed by atoms with Crippen LogP contribution in [-0.4, -0.2) is 52.8 Å². The molecule has 1 aliphatic rings. The fourth-order valence-electron chi connectivity index (χ4n) is 4.75. The standard InChI is InChI=1S/C31H33FN2O4/c1-4-33(5-2)17-18-34-28(25-11-6-7-12-26(25)32)27(30(36)31(34)37)29(35)23-13-15-24(16-14-23)38-20-22-10-8-9-21(3)19-22/h6-16,19,28,35H,4-5,17-18,20H2,1-3H3/b29-27-. The maximum atomic E-state index is 15.0. The van der Waals surface area contributed by atoms with E-state index in [1.807, 2.05) is 45.0 Å². The third kappa shape index (κ3) is 5.78. The molecule has 3 aromatic rings. The van der Waals surface area contributed by atoms with Gasteiger partial charge in [-0.3, -0.25) is 9.59 Å². The number of ether oxygens (including phenoxy) is 1. The minimum absolute atomic E-state index is 0.118. The molecule has 1 fully saturated rings. The largest absolute Gasteiger partial charge is 0.507 e. The van der Waals surface area contributed by atoms with Gasteiger partial charge in [-0.05, 0) is 55.9 Å². The van der Waals surface area contributed by atoms with E-state index in [-0.39, 0.29) is 23.4 Å². The highest BCUT2D eigenvalue weighted by Gasteiger charge is 2.46. The molecule has 6 nitrogen and oxygen atoms in total. The van der Waals surface area contributed by atoms with Crippen LogP contribution in [0.4, 0.5) is 4.39 Å². The van der Waals surface area contributed by atoms with Crippen LogP contribution in [-0.2, 0) is 16.2 Å². The Bertz CT molecular complexity index is 1330. The number of benzene rings is 3. The lowest BCUT2D eigenvalue weighted by molar-refractivity contribution is -0.140. The number of aliphatic hydroxyl groups excluding tert-OH is 1. The molecule has 1 saturated heterocycles. The molecule has 0 aliphatic carbocycles. The molecule has 1 unspecified atom stereocenters. The Balaban J connectivity index is 1.65. The zero-order valence-corrected chi connectivity index (χ0v) is 22.0. The van der Waals surface area contributed by atoms with Crippen LogP contribution in [0.3, 0.4) is 0 Å². The number of Topliss-reactive ketones (excluding diaryl/α,β-unsaturated/α-hetero) is 1. The molecule has 1 atom stereocenters. The summed E-state index contributed by atoms with van der Waals surface area (Å²) in [6.07, 6.45) is 0. The number of rotatable bonds is 10. The summed E-state index contributed by atoms with van der Waals surface area (Å²) in [5, 5.41) is 11.3. The minimum Gasteiger partial charge on any atom is -0.507 e. The van der Waals surface area contributed by atoms with E-state index in [9.17, 15) is 19.1 Å². The van der Waals surface area contributed by atoms with Crippen molar-refractivity contribution >= 4 is 17.4 Å². The Kier molecular flexibility index (Phi) is 8.59. The Morgan fingerprint density at radius 3 is 2.37 bits per heavy atom. The highest BCUT2D eigenvalue weighted by Crippen LogP contribution is 2.40. The van der Waals surface area contributed by atoms with Crippen molar-refractivity contribution in [1.82, 2.24) is 9.80 Å². The number of amides is 1. The molecular formula is C31H33FN2O4. The van der Waals surface area contributed by atoms with E-state index >= 15 is 0 Å². The molecule has 1 heterocycles. The van der Waals surface area contributed by atoms with E-state index < -0.39 is 23.5 Å². The SMILES string of the molecule is CCN(CC)CCN1C(=O)C(=O)/C(=C(\O)c2ccc(OCc3cccc(C)c3)cc2)C1c1ccccc1F. The van der Waals surface area contributed by atoms with Gasteiger partial charge in [0.2, 0.25) is 0 Å². The maximum Gasteiger partial charge on any atom is 0.295 e. The molecule has 0 aromatic heterocycles. The monoisotopic (exact) mass is 516 g/mol. The molecule has 1 amide bonds. The fourth-order valence-corrected chi connectivity index (χ4v) is 4.75. The predicted molar refractivity (Wildman–Crippen MR) is 145 cm³/mol. The molecule has 7 heteroatoms. The molecule has 198 valence electrons. The van der Waals surface area contributed by atoms with Gasteiger partial charge in [0, 0.05) is 24.2 Å². The number of aliphatic hydroxyl groups is 1. The average Bonchev–Trinajstić information content (AvgIpc) is 3.17. The number of carbonyl (C=O) groups excluding carboxylic acids is 2. The van der Waals surface area contributed by atoms with Crippen molar-refractivity contribution in [3.05, 3.63) is 106 Å². The zero-order chi connectivity index (χ0) is 27.2. The number of carbonyl (C=O) groups is 2. The average molecular weight is 517 g/mol. The molecule has 0 spiro atoms. The molecule has 3 aromatic carbocycles. The van der Waals surface area contributed by atoms with Crippen LogP contribution < -0.4 is 4.74 Å². The van der Waals surface area contributed by atoms with E-state index in [1.54, 1.807) is 42.5 Å². The summed E-state index contributed by atoms with van der Waals surface area (Å²) in [5.41, 5.74) is 2.57. The van der Waals surface area contributed by atoms with Crippen LogP contribution in [0.25, 0.3) is 5.76 Å². The maximum absolute atomic E-state index is 15.0. The van der Waals surface area contributed by atoms with Crippen molar-refractivity contribution in [2.75, 3.05) is 26.2 Å². The molecular weight excluding hydrogens is 483 g/mol. The first-order chi connectivity index (χ1) is 18.3. The van der Waals surface area contributed by atoms with E-state index in [4.69, 9.17) is 4.74 Å². The first kappa shape index (κ1) is 27.1. The molecule has 1 N–H and O–H groups in total. The second kappa shape index (κ2) is 12.0. The number of ketones is 1. The highest BCUT2D eigenvalue weighted by atomic mass is 19.1. The van der Waals surface area contributed by atoms with E-state index in [0.29, 0.717) is 24.5 Å². The van der Waals surface area contributed by atoms with E-state index in [1.165, 1.54) is 11.0 Å². The third-order valence-corrected chi connectivity index (χ3v) is 6.91. The van der Waals surface area contributed by atoms with Gasteiger partial charge in [-0.2, -0.15) is 0 Å². The van der Waals surface area contributed by atoms with E-state index in [0.717, 1.165) is 24.2 Å². The highest BCUT2D eigenvalue weighted by molar-refractivity contribution is 6.46. The van der Waals surface area contributed by atoms with Gasteiger partial charge < -0.3 is 19.6 Å². The summed E-state index contributed by atoms with van der Waals surface area (Å²) in [6.45, 7) is 8.75. The molecule has 0 bridgehead atoms. The van der Waals surface area contributed by atoms with Crippen molar-refractivity contribution in [1.29, 1.82) is 0 Å². The van der Waals surface area contributed by atoms with Gasteiger partial charge in [-0.1, -0.05) is 61.9 Å². The van der Waals surface area contributed by atoms with Crippen LogP contribution >= 0.6 is 0 Å². The quantitative estimate of drug-likeness (QED) is 0.220. The number of likely N-dealkylation sites (tertiary alicyclic amines) is 1. The normalized spacial score (nSPS) is 16.9. The van der Waals surface area contributed by atoms with Crippen molar-refractivity contribution in [3.8, 4) is 5.75 Å². The number of nitrogens with zero attached hydrogens (tertiary/aromatic N) is 2. The summed E-state index contributed by atoms with van der Waals surface area (Å²) >= 11 is 0. The van der Waals surface area contributed by atoms with E-state index in [2.05, 4.69) is 4.90 Å². The van der Waals surface area contributed by atoms with Gasteiger partial charge in [-0.15, -0.1) is 0 Å². The summed E-state index contributed by atoms with van der Waals surface area (Å²) in [6, 6.07) is 19.7. The lowest BCUT2D eigenvalue weighted by atomic mass is 9.95. The van der Waals surface area contributed by atoms with Crippen LogP contribution in [0.15, 0.2) is 78.4 Å². The zero-order valence-electron chi connectivity index (χ0n) is 22.0. The Morgan fingerprint density at radius 2 is 1.71 bits per heavy atom. The summed E-state index contributed by atoms with van der Waals surface area (Å²) < 4.78 is 20.8. The van der Waals surface area contributed by atoms with Crippen LogP contribution in [0.2, 0.25) is 0 Å². The van der Waals surface area contributed by atoms with Gasteiger partial charge >= 0.3 is 0 Å². The van der Waals surface area contributed by atoms with Gasteiger partial charge in [0.15, 0.2) is 0 Å². The van der Waals surface area contributed by atoms with Gasteiger partial charge in [0.05, 0.1) is 11.6 Å². The third-order valence-electron chi connectivity index (χ3n) is 6.91. The number of aryl methyl sites for hydroxylation is 1. The number of likely N-dealkylation sites (N-methyl/N-ethyl adjacent to an activating group) is 1.